The molecule has 0 aliphatic rings. The van der Waals surface area contributed by atoms with Crippen LogP contribution in [0.2, 0.25) is 0 Å². The normalized spacial score (nSPS) is 14.2. The van der Waals surface area contributed by atoms with E-state index in [-0.39, 0.29) is 6.61 Å². The Balaban J connectivity index is 2.38. The van der Waals surface area contributed by atoms with Crippen molar-refractivity contribution in [3.63, 3.8) is 0 Å². The molecule has 2 N–H and O–H groups in total. The minimum Gasteiger partial charge on any atom is -0.468 e. The number of carbonyl (C=O) groups is 1. The first-order valence-corrected chi connectivity index (χ1v) is 5.05. The summed E-state index contributed by atoms with van der Waals surface area (Å²) in [4.78, 5) is 11.2. The molecule has 0 amide bonds. The van der Waals surface area contributed by atoms with E-state index in [4.69, 9.17) is 10.5 Å². The van der Waals surface area contributed by atoms with E-state index in [1.807, 2.05) is 30.3 Å². The molecule has 1 aromatic rings. The summed E-state index contributed by atoms with van der Waals surface area (Å²) in [7, 11) is 1.31. The minimum atomic E-state index is -1.09. The minimum absolute atomic E-state index is 0.133. The summed E-state index contributed by atoms with van der Waals surface area (Å²) in [6, 6.07) is 9.70. The van der Waals surface area contributed by atoms with Gasteiger partial charge in [0.05, 0.1) is 20.3 Å². The van der Waals surface area contributed by atoms with Gasteiger partial charge in [-0.3, -0.25) is 0 Å². The first-order valence-electron chi connectivity index (χ1n) is 5.05. The number of hydrogen-bond acceptors (Lipinski definition) is 4. The Bertz CT molecular complexity index is 335. The number of rotatable bonds is 5. The van der Waals surface area contributed by atoms with Gasteiger partial charge in [-0.2, -0.15) is 0 Å². The van der Waals surface area contributed by atoms with Gasteiger partial charge in [-0.25, -0.2) is 4.79 Å². The SMILES string of the molecule is COC(=O)[C@](C)(N)COCc1ccccc1. The Morgan fingerprint density at radius 3 is 2.56 bits per heavy atom. The molecule has 4 nitrogen and oxygen atoms in total. The zero-order valence-corrected chi connectivity index (χ0v) is 9.60. The molecule has 0 aliphatic heterocycles. The summed E-state index contributed by atoms with van der Waals surface area (Å²) in [5.41, 5.74) is 5.69. The van der Waals surface area contributed by atoms with E-state index in [0.717, 1.165) is 5.56 Å². The van der Waals surface area contributed by atoms with Gasteiger partial charge >= 0.3 is 5.97 Å². The highest BCUT2D eigenvalue weighted by Gasteiger charge is 2.29. The van der Waals surface area contributed by atoms with Gasteiger partial charge in [-0.1, -0.05) is 30.3 Å². The molecule has 4 heteroatoms. The Hall–Kier alpha value is -1.39. The molecule has 1 aromatic carbocycles. The Morgan fingerprint density at radius 1 is 1.38 bits per heavy atom. The number of nitrogens with two attached hydrogens (primary N) is 1. The van der Waals surface area contributed by atoms with Crippen molar-refractivity contribution in [1.82, 2.24) is 0 Å². The van der Waals surface area contributed by atoms with Crippen LogP contribution in [0.1, 0.15) is 12.5 Å². The second-order valence-electron chi connectivity index (χ2n) is 3.89. The first kappa shape index (κ1) is 12.7. The second kappa shape index (κ2) is 5.63. The van der Waals surface area contributed by atoms with Gasteiger partial charge in [0.2, 0.25) is 0 Å². The summed E-state index contributed by atoms with van der Waals surface area (Å²) in [6.07, 6.45) is 0. The number of methoxy groups -OCH3 is 1. The molecule has 0 spiro atoms. The molecule has 1 atom stereocenters. The van der Waals surface area contributed by atoms with E-state index < -0.39 is 11.5 Å². The maximum atomic E-state index is 11.2. The van der Waals surface area contributed by atoms with Crippen LogP contribution < -0.4 is 5.73 Å². The molecule has 0 fully saturated rings. The average molecular weight is 223 g/mol. The van der Waals surface area contributed by atoms with Gasteiger partial charge in [0.15, 0.2) is 0 Å². The molecule has 0 radical (unpaired) electrons. The van der Waals surface area contributed by atoms with Crippen LogP contribution in [0.25, 0.3) is 0 Å². The highest BCUT2D eigenvalue weighted by atomic mass is 16.5. The second-order valence-corrected chi connectivity index (χ2v) is 3.89. The molecule has 16 heavy (non-hydrogen) atoms. The quantitative estimate of drug-likeness (QED) is 0.759. The van der Waals surface area contributed by atoms with Crippen LogP contribution >= 0.6 is 0 Å². The summed E-state index contributed by atoms with van der Waals surface area (Å²) < 4.78 is 9.96. The van der Waals surface area contributed by atoms with Crippen molar-refractivity contribution in [1.29, 1.82) is 0 Å². The number of ether oxygens (including phenoxy) is 2. The maximum absolute atomic E-state index is 11.2. The predicted octanol–water partition coefficient (Wildman–Crippen LogP) is 1.09. The van der Waals surface area contributed by atoms with E-state index in [0.29, 0.717) is 6.61 Å². The third kappa shape index (κ3) is 3.64. The smallest absolute Gasteiger partial charge is 0.327 e. The van der Waals surface area contributed by atoms with E-state index in [2.05, 4.69) is 4.74 Å². The van der Waals surface area contributed by atoms with Crippen molar-refractivity contribution in [3.8, 4) is 0 Å². The lowest BCUT2D eigenvalue weighted by Gasteiger charge is -2.21. The van der Waals surface area contributed by atoms with Crippen LogP contribution in [0.15, 0.2) is 30.3 Å². The van der Waals surface area contributed by atoms with Gasteiger partial charge in [0.1, 0.15) is 5.54 Å². The van der Waals surface area contributed by atoms with Gasteiger partial charge < -0.3 is 15.2 Å². The Morgan fingerprint density at radius 2 is 2.00 bits per heavy atom. The van der Waals surface area contributed by atoms with Gasteiger partial charge in [0.25, 0.3) is 0 Å². The molecule has 0 saturated carbocycles. The molecule has 1 rings (SSSR count). The summed E-state index contributed by atoms with van der Waals surface area (Å²) in [5, 5.41) is 0. The topological polar surface area (TPSA) is 61.5 Å². The zero-order valence-electron chi connectivity index (χ0n) is 9.60. The van der Waals surface area contributed by atoms with E-state index in [1.54, 1.807) is 6.92 Å². The van der Waals surface area contributed by atoms with Crippen molar-refractivity contribution < 1.29 is 14.3 Å². The molecular weight excluding hydrogens is 206 g/mol. The molecule has 0 aliphatic carbocycles. The lowest BCUT2D eigenvalue weighted by atomic mass is 10.1. The Labute approximate surface area is 95.3 Å². The van der Waals surface area contributed by atoms with Crippen LogP contribution in [0.3, 0.4) is 0 Å². The van der Waals surface area contributed by atoms with Gasteiger partial charge in [-0.05, 0) is 12.5 Å². The molecule has 0 unspecified atom stereocenters. The molecule has 88 valence electrons. The van der Waals surface area contributed by atoms with Crippen LogP contribution in [-0.2, 0) is 20.9 Å². The summed E-state index contributed by atoms with van der Waals surface area (Å²) in [6.45, 7) is 2.16. The molecular formula is C12H17NO3. The molecule has 0 heterocycles. The van der Waals surface area contributed by atoms with Crippen molar-refractivity contribution in [3.05, 3.63) is 35.9 Å². The number of carbonyl (C=O) groups excluding carboxylic acids is 1. The lowest BCUT2D eigenvalue weighted by Crippen LogP contribution is -2.49. The standard InChI is InChI=1S/C12H17NO3/c1-12(13,11(14)15-2)9-16-8-10-6-4-3-5-7-10/h3-7H,8-9,13H2,1-2H3/t12-/m1/s1. The molecule has 0 aromatic heterocycles. The van der Waals surface area contributed by atoms with E-state index >= 15 is 0 Å². The third-order valence-electron chi connectivity index (χ3n) is 2.17. The Kier molecular flexibility index (Phi) is 4.46. The maximum Gasteiger partial charge on any atom is 0.327 e. The van der Waals surface area contributed by atoms with E-state index in [1.165, 1.54) is 7.11 Å². The van der Waals surface area contributed by atoms with Crippen LogP contribution in [0.4, 0.5) is 0 Å². The lowest BCUT2D eigenvalue weighted by molar-refractivity contribution is -0.148. The van der Waals surface area contributed by atoms with Gasteiger partial charge in [-0.15, -0.1) is 0 Å². The fraction of sp³-hybridized carbons (Fsp3) is 0.417. The zero-order chi connectivity index (χ0) is 12.0. The van der Waals surface area contributed by atoms with Crippen LogP contribution in [-0.4, -0.2) is 25.2 Å². The summed E-state index contributed by atoms with van der Waals surface area (Å²) >= 11 is 0. The number of esters is 1. The highest BCUT2D eigenvalue weighted by molar-refractivity contribution is 5.80. The number of benzene rings is 1. The monoisotopic (exact) mass is 223 g/mol. The van der Waals surface area contributed by atoms with E-state index in [9.17, 15) is 4.79 Å². The van der Waals surface area contributed by atoms with Crippen molar-refractivity contribution in [2.75, 3.05) is 13.7 Å². The van der Waals surface area contributed by atoms with Crippen LogP contribution in [0, 0.1) is 0 Å². The fourth-order valence-corrected chi connectivity index (χ4v) is 1.25. The van der Waals surface area contributed by atoms with Crippen LogP contribution in [0.5, 0.6) is 0 Å². The largest absolute Gasteiger partial charge is 0.468 e. The summed E-state index contributed by atoms with van der Waals surface area (Å²) in [5.74, 6) is -0.472. The highest BCUT2D eigenvalue weighted by Crippen LogP contribution is 2.06. The van der Waals surface area contributed by atoms with Crippen molar-refractivity contribution in [2.24, 2.45) is 5.73 Å². The van der Waals surface area contributed by atoms with Gasteiger partial charge in [0, 0.05) is 0 Å². The average Bonchev–Trinajstić information content (AvgIpc) is 2.29. The van der Waals surface area contributed by atoms with Crippen molar-refractivity contribution in [2.45, 2.75) is 19.1 Å². The molecule has 0 saturated heterocycles. The first-order chi connectivity index (χ1) is 7.56. The number of hydrogen-bond donors (Lipinski definition) is 1. The molecule has 0 bridgehead atoms. The van der Waals surface area contributed by atoms with Crippen molar-refractivity contribution >= 4 is 5.97 Å². The fourth-order valence-electron chi connectivity index (χ4n) is 1.25. The predicted molar refractivity (Wildman–Crippen MR) is 60.7 cm³/mol. The third-order valence-corrected chi connectivity index (χ3v) is 2.17.